The number of rotatable bonds is 8. The highest BCUT2D eigenvalue weighted by atomic mass is 32.2. The molecule has 0 N–H and O–H groups in total. The van der Waals surface area contributed by atoms with Crippen LogP contribution in [-0.4, -0.2) is 33.6 Å². The fourth-order valence-corrected chi connectivity index (χ4v) is 3.91. The number of para-hydroxylation sites is 2. The number of sulfonamides is 1. The van der Waals surface area contributed by atoms with Crippen molar-refractivity contribution in [2.75, 3.05) is 17.5 Å². The lowest BCUT2D eigenvalue weighted by Gasteiger charge is -2.26. The maximum atomic E-state index is 13.3. The molecule has 0 heterocycles. The van der Waals surface area contributed by atoms with E-state index in [1.165, 1.54) is 12.1 Å². The summed E-state index contributed by atoms with van der Waals surface area (Å²) in [7, 11) is -3.99. The van der Waals surface area contributed by atoms with E-state index in [2.05, 4.69) is 0 Å². The van der Waals surface area contributed by atoms with Crippen LogP contribution in [0.1, 0.15) is 26.3 Å². The van der Waals surface area contributed by atoms with Gasteiger partial charge in [-0.25, -0.2) is 8.42 Å². The molecule has 0 fully saturated rings. The Bertz CT molecular complexity index is 876. The molecule has 2 rings (SSSR count). The van der Waals surface area contributed by atoms with Gasteiger partial charge in [-0.3, -0.25) is 9.10 Å². The van der Waals surface area contributed by atoms with Gasteiger partial charge in [0.1, 0.15) is 12.3 Å². The zero-order valence-corrected chi connectivity index (χ0v) is 16.8. The molecule has 27 heavy (non-hydrogen) atoms. The van der Waals surface area contributed by atoms with Crippen LogP contribution in [0.3, 0.4) is 0 Å². The van der Waals surface area contributed by atoms with Crippen LogP contribution in [-0.2, 0) is 19.6 Å². The van der Waals surface area contributed by atoms with Gasteiger partial charge in [-0.2, -0.15) is 0 Å². The monoisotopic (exact) mass is 391 g/mol. The molecule has 0 radical (unpaired) electrons. The molecular formula is C20H25NO5S. The fraction of sp³-hybridized carbons (Fsp3) is 0.350. The van der Waals surface area contributed by atoms with Crippen LogP contribution in [0, 0.1) is 6.92 Å². The summed E-state index contributed by atoms with van der Waals surface area (Å²) in [4.78, 5) is 12.4. The maximum Gasteiger partial charge on any atom is 0.327 e. The molecule has 0 saturated carbocycles. The van der Waals surface area contributed by atoms with Crippen LogP contribution in [0.25, 0.3) is 0 Å². The second kappa shape index (κ2) is 8.90. The maximum absolute atomic E-state index is 13.3. The summed E-state index contributed by atoms with van der Waals surface area (Å²) in [6.07, 6.45) is -0.344. The number of benzene rings is 2. The van der Waals surface area contributed by atoms with Gasteiger partial charge < -0.3 is 9.47 Å². The van der Waals surface area contributed by atoms with E-state index in [-0.39, 0.29) is 11.0 Å². The topological polar surface area (TPSA) is 72.9 Å². The Hall–Kier alpha value is -2.54. The summed E-state index contributed by atoms with van der Waals surface area (Å²) in [5.41, 5.74) is 1.23. The summed E-state index contributed by atoms with van der Waals surface area (Å²) in [6, 6.07) is 13.2. The van der Waals surface area contributed by atoms with Gasteiger partial charge in [0.2, 0.25) is 0 Å². The van der Waals surface area contributed by atoms with Crippen molar-refractivity contribution in [1.82, 2.24) is 0 Å². The van der Waals surface area contributed by atoms with Crippen molar-refractivity contribution >= 4 is 21.7 Å². The molecule has 6 nitrogen and oxygen atoms in total. The van der Waals surface area contributed by atoms with Crippen LogP contribution in [0.2, 0.25) is 0 Å². The van der Waals surface area contributed by atoms with Crippen molar-refractivity contribution in [3.8, 4) is 5.75 Å². The average Bonchev–Trinajstić information content (AvgIpc) is 2.60. The minimum Gasteiger partial charge on any atom is -0.492 e. The van der Waals surface area contributed by atoms with Crippen molar-refractivity contribution in [2.24, 2.45) is 0 Å². The van der Waals surface area contributed by atoms with E-state index in [1.54, 1.807) is 50.2 Å². The summed E-state index contributed by atoms with van der Waals surface area (Å²) in [5, 5.41) is 0. The number of nitrogens with zero attached hydrogens (tertiary/aromatic N) is 1. The van der Waals surface area contributed by atoms with Crippen molar-refractivity contribution in [3.05, 3.63) is 54.1 Å². The number of anilines is 1. The van der Waals surface area contributed by atoms with Gasteiger partial charge in [-0.05, 0) is 52.0 Å². The Morgan fingerprint density at radius 3 is 2.30 bits per heavy atom. The molecule has 7 heteroatoms. The number of esters is 1. The zero-order valence-electron chi connectivity index (χ0n) is 16.0. The van der Waals surface area contributed by atoms with Gasteiger partial charge in [0.25, 0.3) is 10.0 Å². The van der Waals surface area contributed by atoms with Crippen molar-refractivity contribution < 1.29 is 22.7 Å². The lowest BCUT2D eigenvalue weighted by molar-refractivity contribution is -0.145. The molecule has 0 aliphatic carbocycles. The summed E-state index contributed by atoms with van der Waals surface area (Å²) >= 11 is 0. The molecule has 0 spiro atoms. The van der Waals surface area contributed by atoms with Gasteiger partial charge in [-0.15, -0.1) is 0 Å². The molecule has 0 atom stereocenters. The van der Waals surface area contributed by atoms with E-state index in [9.17, 15) is 13.2 Å². The highest BCUT2D eigenvalue weighted by Crippen LogP contribution is 2.32. The SMILES string of the molecule is CCOc1ccccc1N(CC(=O)OC(C)C)S(=O)(=O)c1ccc(C)cc1. The molecule has 2 aromatic rings. The third-order valence-electron chi connectivity index (χ3n) is 3.68. The average molecular weight is 391 g/mol. The van der Waals surface area contributed by atoms with Crippen molar-refractivity contribution in [2.45, 2.75) is 38.7 Å². The van der Waals surface area contributed by atoms with E-state index in [4.69, 9.17) is 9.47 Å². The van der Waals surface area contributed by atoms with Gasteiger partial charge in [-0.1, -0.05) is 29.8 Å². The van der Waals surface area contributed by atoms with Crippen LogP contribution in [0.5, 0.6) is 5.75 Å². The number of hydrogen-bond acceptors (Lipinski definition) is 5. The summed E-state index contributed by atoms with van der Waals surface area (Å²) < 4.78 is 38.3. The van der Waals surface area contributed by atoms with Gasteiger partial charge in [0, 0.05) is 0 Å². The van der Waals surface area contributed by atoms with E-state index < -0.39 is 22.5 Å². The number of aryl methyl sites for hydroxylation is 1. The first-order valence-corrected chi connectivity index (χ1v) is 10.2. The van der Waals surface area contributed by atoms with Crippen molar-refractivity contribution in [3.63, 3.8) is 0 Å². The normalized spacial score (nSPS) is 11.3. The second-order valence-corrected chi connectivity index (χ2v) is 8.13. The molecule has 0 saturated heterocycles. The van der Waals surface area contributed by atoms with Crippen LogP contribution in [0.15, 0.2) is 53.4 Å². The smallest absolute Gasteiger partial charge is 0.327 e. The fourth-order valence-electron chi connectivity index (χ4n) is 2.50. The molecule has 2 aromatic carbocycles. The second-order valence-electron chi connectivity index (χ2n) is 6.26. The van der Waals surface area contributed by atoms with Crippen LogP contribution in [0.4, 0.5) is 5.69 Å². The first kappa shape index (κ1) is 20.8. The van der Waals surface area contributed by atoms with E-state index >= 15 is 0 Å². The molecule has 0 unspecified atom stereocenters. The minimum absolute atomic E-state index is 0.0942. The number of ether oxygens (including phenoxy) is 2. The molecule has 146 valence electrons. The lowest BCUT2D eigenvalue weighted by atomic mass is 10.2. The molecule has 0 aromatic heterocycles. The summed E-state index contributed by atoms with van der Waals surface area (Å²) in [6.45, 7) is 7.03. The third kappa shape index (κ3) is 5.23. The van der Waals surface area contributed by atoms with E-state index in [0.29, 0.717) is 18.0 Å². The Morgan fingerprint density at radius 1 is 1.07 bits per heavy atom. The van der Waals surface area contributed by atoms with E-state index in [1.807, 2.05) is 13.8 Å². The molecule has 0 aliphatic heterocycles. The Morgan fingerprint density at radius 2 is 1.70 bits per heavy atom. The highest BCUT2D eigenvalue weighted by molar-refractivity contribution is 7.92. The Kier molecular flexibility index (Phi) is 6.85. The predicted molar refractivity (Wildman–Crippen MR) is 105 cm³/mol. The Labute approximate surface area is 160 Å². The van der Waals surface area contributed by atoms with E-state index in [0.717, 1.165) is 9.87 Å². The molecular weight excluding hydrogens is 366 g/mol. The van der Waals surface area contributed by atoms with Gasteiger partial charge in [0.15, 0.2) is 0 Å². The molecule has 0 aliphatic rings. The number of hydrogen-bond donors (Lipinski definition) is 0. The van der Waals surface area contributed by atoms with Gasteiger partial charge in [0.05, 0.1) is 23.3 Å². The number of carbonyl (C=O) groups excluding carboxylic acids is 1. The summed E-state index contributed by atoms with van der Waals surface area (Å²) in [5.74, 6) is -0.250. The molecule has 0 bridgehead atoms. The first-order valence-electron chi connectivity index (χ1n) is 8.76. The highest BCUT2D eigenvalue weighted by Gasteiger charge is 2.30. The first-order chi connectivity index (χ1) is 12.8. The van der Waals surface area contributed by atoms with Crippen molar-refractivity contribution in [1.29, 1.82) is 0 Å². The third-order valence-corrected chi connectivity index (χ3v) is 5.46. The number of carbonyl (C=O) groups is 1. The standard InChI is InChI=1S/C20H25NO5S/c1-5-25-19-9-7-6-8-18(19)21(14-20(22)26-15(2)3)27(23,24)17-12-10-16(4)11-13-17/h6-13,15H,5,14H2,1-4H3. The molecule has 0 amide bonds. The van der Waals surface area contributed by atoms with Crippen LogP contribution >= 0.6 is 0 Å². The van der Waals surface area contributed by atoms with Gasteiger partial charge >= 0.3 is 5.97 Å². The van der Waals surface area contributed by atoms with Crippen LogP contribution < -0.4 is 9.04 Å². The minimum atomic E-state index is -3.99. The lowest BCUT2D eigenvalue weighted by Crippen LogP contribution is -2.37. The quantitative estimate of drug-likeness (QED) is 0.644. The Balaban J connectivity index is 2.53. The largest absolute Gasteiger partial charge is 0.492 e. The predicted octanol–water partition coefficient (Wildman–Crippen LogP) is 3.54. The zero-order chi connectivity index (χ0) is 20.0.